The first-order valence-corrected chi connectivity index (χ1v) is 10.2. The van der Waals surface area contributed by atoms with Crippen molar-refractivity contribution < 1.29 is 23.8 Å². The number of thiocarbonyl (C=S) groups is 1. The van der Waals surface area contributed by atoms with E-state index in [1.807, 2.05) is 12.1 Å². The molecule has 0 bridgehead atoms. The minimum absolute atomic E-state index is 0.0419. The zero-order chi connectivity index (χ0) is 22.3. The highest BCUT2D eigenvalue weighted by molar-refractivity contribution is 7.80. The molecule has 2 aromatic rings. The molecule has 2 heterocycles. The van der Waals surface area contributed by atoms with Crippen molar-refractivity contribution in [3.63, 3.8) is 0 Å². The van der Waals surface area contributed by atoms with Crippen molar-refractivity contribution in [3.05, 3.63) is 57.1 Å². The van der Waals surface area contributed by atoms with E-state index in [0.717, 1.165) is 5.56 Å². The van der Waals surface area contributed by atoms with Gasteiger partial charge in [-0.25, -0.2) is 0 Å². The van der Waals surface area contributed by atoms with E-state index in [9.17, 15) is 9.59 Å². The van der Waals surface area contributed by atoms with Crippen LogP contribution in [0, 0.1) is 0 Å². The molecule has 10 heteroatoms. The van der Waals surface area contributed by atoms with Crippen LogP contribution in [0.5, 0.6) is 17.2 Å². The largest absolute Gasteiger partial charge is 0.486 e. The molecule has 1 fully saturated rings. The Balaban J connectivity index is 1.56. The Morgan fingerprint density at radius 2 is 1.65 bits per heavy atom. The number of benzene rings is 2. The molecule has 0 atom stereocenters. The van der Waals surface area contributed by atoms with Crippen LogP contribution in [-0.4, -0.2) is 47.6 Å². The molecule has 0 spiro atoms. The van der Waals surface area contributed by atoms with Crippen molar-refractivity contribution in [2.75, 3.05) is 20.9 Å². The van der Waals surface area contributed by atoms with Crippen molar-refractivity contribution in [3.8, 4) is 17.2 Å². The van der Waals surface area contributed by atoms with Crippen LogP contribution in [0.4, 0.5) is 0 Å². The van der Waals surface area contributed by atoms with Crippen molar-refractivity contribution in [2.45, 2.75) is 6.61 Å². The summed E-state index contributed by atoms with van der Waals surface area (Å²) in [5.41, 5.74) is 1.29. The monoisotopic (exact) mass is 478 g/mol. The summed E-state index contributed by atoms with van der Waals surface area (Å²) in [6.07, 6.45) is 1.43. The molecule has 1 saturated heterocycles. The van der Waals surface area contributed by atoms with Crippen LogP contribution in [0.15, 0.2) is 35.9 Å². The Morgan fingerprint density at radius 3 is 2.29 bits per heavy atom. The minimum Gasteiger partial charge on any atom is -0.486 e. The number of carbonyl (C=O) groups excluding carboxylic acids is 2. The summed E-state index contributed by atoms with van der Waals surface area (Å²) >= 11 is 17.8. The van der Waals surface area contributed by atoms with E-state index in [2.05, 4.69) is 0 Å². The highest BCUT2D eigenvalue weighted by Gasteiger charge is 2.35. The number of fused-ring (bicyclic) bond motifs is 1. The lowest BCUT2D eigenvalue weighted by Crippen LogP contribution is -2.52. The minimum atomic E-state index is -0.497. The second-order valence-electron chi connectivity index (χ2n) is 6.86. The number of hydrogen-bond acceptors (Lipinski definition) is 6. The lowest BCUT2D eigenvalue weighted by Gasteiger charge is -2.31. The summed E-state index contributed by atoms with van der Waals surface area (Å²) in [5.74, 6) is 0.629. The fourth-order valence-electron chi connectivity index (χ4n) is 3.13. The number of nitrogens with zero attached hydrogens (tertiary/aromatic N) is 2. The first-order valence-electron chi connectivity index (χ1n) is 9.08. The topological polar surface area (TPSA) is 68.3 Å². The molecular weight excluding hydrogens is 463 g/mol. The number of ether oxygens (including phenoxy) is 3. The standard InChI is InChI=1S/C21H16Cl2N2O5S/c1-24-19(26)13(20(27)25(2)21(24)31)5-12-6-14(22)18(15(23)7-12)28-9-11-3-4-16-17(8-11)30-10-29-16/h3-8H,9-10H2,1-2H3. The lowest BCUT2D eigenvalue weighted by atomic mass is 10.1. The van der Waals surface area contributed by atoms with Gasteiger partial charge in [0, 0.05) is 14.1 Å². The third-order valence-corrected chi connectivity index (χ3v) is 5.90. The van der Waals surface area contributed by atoms with Crippen molar-refractivity contribution in [1.29, 1.82) is 0 Å². The van der Waals surface area contributed by atoms with E-state index < -0.39 is 11.8 Å². The number of carbonyl (C=O) groups is 2. The van der Waals surface area contributed by atoms with E-state index in [1.165, 1.54) is 30.0 Å². The summed E-state index contributed by atoms with van der Waals surface area (Å²) in [7, 11) is 3.02. The molecule has 2 amide bonds. The summed E-state index contributed by atoms with van der Waals surface area (Å²) in [5, 5.41) is 0.622. The van der Waals surface area contributed by atoms with Crippen LogP contribution in [0.2, 0.25) is 10.0 Å². The maximum Gasteiger partial charge on any atom is 0.265 e. The third kappa shape index (κ3) is 4.06. The Labute approximate surface area is 193 Å². The fourth-order valence-corrected chi connectivity index (χ4v) is 3.91. The van der Waals surface area contributed by atoms with Crippen LogP contribution >= 0.6 is 35.4 Å². The average Bonchev–Trinajstić information content (AvgIpc) is 3.21. The molecule has 4 rings (SSSR count). The fraction of sp³-hybridized carbons (Fsp3) is 0.190. The number of amides is 2. The Morgan fingerprint density at radius 1 is 1.03 bits per heavy atom. The van der Waals surface area contributed by atoms with Gasteiger partial charge in [0.05, 0.1) is 10.0 Å². The lowest BCUT2D eigenvalue weighted by molar-refractivity contribution is -0.132. The van der Waals surface area contributed by atoms with Gasteiger partial charge in [0.15, 0.2) is 22.4 Å². The van der Waals surface area contributed by atoms with Gasteiger partial charge in [0.1, 0.15) is 12.2 Å². The SMILES string of the molecule is CN1C(=O)C(=Cc2cc(Cl)c(OCc3ccc4c(c3)OCO4)c(Cl)c2)C(=O)N(C)C1=S. The molecule has 7 nitrogen and oxygen atoms in total. The second kappa shape index (κ2) is 8.37. The van der Waals surface area contributed by atoms with E-state index >= 15 is 0 Å². The number of rotatable bonds is 4. The first kappa shape index (κ1) is 21.4. The highest BCUT2D eigenvalue weighted by Crippen LogP contribution is 2.37. The van der Waals surface area contributed by atoms with Crippen molar-refractivity contribution >= 4 is 58.4 Å². The Hall–Kier alpha value is -2.81. The quantitative estimate of drug-likeness (QED) is 0.377. The predicted octanol–water partition coefficient (Wildman–Crippen LogP) is 3.90. The molecule has 31 heavy (non-hydrogen) atoms. The molecule has 0 unspecified atom stereocenters. The van der Waals surface area contributed by atoms with Gasteiger partial charge in [-0.3, -0.25) is 19.4 Å². The molecule has 2 aromatic carbocycles. The van der Waals surface area contributed by atoms with Gasteiger partial charge in [-0.15, -0.1) is 0 Å². The first-order chi connectivity index (χ1) is 14.8. The molecule has 0 aromatic heterocycles. The molecule has 160 valence electrons. The number of likely N-dealkylation sites (N-methyl/N-ethyl adjacent to an activating group) is 2. The molecular formula is C21H16Cl2N2O5S. The molecule has 2 aliphatic heterocycles. The van der Waals surface area contributed by atoms with Crippen LogP contribution in [0.1, 0.15) is 11.1 Å². The van der Waals surface area contributed by atoms with E-state index in [1.54, 1.807) is 18.2 Å². The summed E-state index contributed by atoms with van der Waals surface area (Å²) in [4.78, 5) is 27.4. The Bertz CT molecular complexity index is 1100. The molecule has 0 radical (unpaired) electrons. The zero-order valence-corrected chi connectivity index (χ0v) is 18.8. The predicted molar refractivity (Wildman–Crippen MR) is 119 cm³/mol. The van der Waals surface area contributed by atoms with E-state index in [-0.39, 0.29) is 34.1 Å². The molecule has 0 N–H and O–H groups in total. The third-order valence-electron chi connectivity index (χ3n) is 4.80. The van der Waals surface area contributed by atoms with Crippen LogP contribution < -0.4 is 14.2 Å². The molecule has 2 aliphatic rings. The highest BCUT2D eigenvalue weighted by atomic mass is 35.5. The van der Waals surface area contributed by atoms with Gasteiger partial charge in [-0.05, 0) is 53.7 Å². The second-order valence-corrected chi connectivity index (χ2v) is 8.04. The maximum atomic E-state index is 12.5. The van der Waals surface area contributed by atoms with Gasteiger partial charge in [0.25, 0.3) is 11.8 Å². The smallest absolute Gasteiger partial charge is 0.265 e. The van der Waals surface area contributed by atoms with Gasteiger partial charge in [0.2, 0.25) is 6.79 Å². The summed E-state index contributed by atoms with van der Waals surface area (Å²) in [6, 6.07) is 8.62. The average molecular weight is 479 g/mol. The van der Waals surface area contributed by atoms with Gasteiger partial charge < -0.3 is 14.2 Å². The van der Waals surface area contributed by atoms with Crippen LogP contribution in [0.3, 0.4) is 0 Å². The van der Waals surface area contributed by atoms with Crippen LogP contribution in [-0.2, 0) is 16.2 Å². The van der Waals surface area contributed by atoms with Crippen molar-refractivity contribution in [1.82, 2.24) is 9.80 Å². The molecule has 0 aliphatic carbocycles. The summed E-state index contributed by atoms with van der Waals surface area (Å²) in [6.45, 7) is 0.400. The van der Waals surface area contributed by atoms with Crippen LogP contribution in [0.25, 0.3) is 6.08 Å². The molecule has 0 saturated carbocycles. The zero-order valence-electron chi connectivity index (χ0n) is 16.5. The number of hydrogen-bond donors (Lipinski definition) is 0. The van der Waals surface area contributed by atoms with Gasteiger partial charge in [-0.2, -0.15) is 0 Å². The van der Waals surface area contributed by atoms with Crippen molar-refractivity contribution in [2.24, 2.45) is 0 Å². The van der Waals surface area contributed by atoms with Gasteiger partial charge in [-0.1, -0.05) is 29.3 Å². The normalized spacial score (nSPS) is 15.6. The number of halogens is 2. The summed E-state index contributed by atoms with van der Waals surface area (Å²) < 4.78 is 16.5. The van der Waals surface area contributed by atoms with E-state index in [4.69, 9.17) is 49.6 Å². The maximum absolute atomic E-state index is 12.5. The Kier molecular flexibility index (Phi) is 5.79. The van der Waals surface area contributed by atoms with E-state index in [0.29, 0.717) is 22.8 Å². The van der Waals surface area contributed by atoms with Gasteiger partial charge >= 0.3 is 0 Å².